The van der Waals surface area contributed by atoms with E-state index in [2.05, 4.69) is 17.2 Å². The predicted octanol–water partition coefficient (Wildman–Crippen LogP) is 1.91. The fraction of sp³-hybridized carbons (Fsp3) is 0.562. The minimum atomic E-state index is -0.179. The number of carbonyl (C=O) groups excluding carboxylic acids is 2. The van der Waals surface area contributed by atoms with Crippen molar-refractivity contribution in [1.29, 1.82) is 0 Å². The number of rotatable bonds is 4. The summed E-state index contributed by atoms with van der Waals surface area (Å²) in [5.41, 5.74) is 1.40. The van der Waals surface area contributed by atoms with Crippen molar-refractivity contribution in [3.63, 3.8) is 0 Å². The number of nitrogens with zero attached hydrogens (tertiary/aromatic N) is 2. The highest BCUT2D eigenvalue weighted by Gasteiger charge is 2.22. The van der Waals surface area contributed by atoms with Gasteiger partial charge in [-0.3, -0.25) is 14.6 Å². The van der Waals surface area contributed by atoms with Crippen molar-refractivity contribution < 1.29 is 9.59 Å². The SMILES string of the molecule is Cc1ccc(C(=O)NCCC(=O)N2CCCCC2C)cn1. The highest BCUT2D eigenvalue weighted by atomic mass is 16.2. The summed E-state index contributed by atoms with van der Waals surface area (Å²) in [6.45, 7) is 5.18. The molecule has 0 saturated carbocycles. The van der Waals surface area contributed by atoms with Crippen molar-refractivity contribution in [1.82, 2.24) is 15.2 Å². The molecule has 1 unspecified atom stereocenters. The highest BCUT2D eigenvalue weighted by molar-refractivity contribution is 5.94. The molecular weight excluding hydrogens is 266 g/mol. The van der Waals surface area contributed by atoms with Gasteiger partial charge in [0.05, 0.1) is 5.56 Å². The van der Waals surface area contributed by atoms with Crippen LogP contribution in [-0.4, -0.2) is 40.8 Å². The molecule has 1 atom stereocenters. The normalized spacial score (nSPS) is 18.4. The number of amides is 2. The van der Waals surface area contributed by atoms with Gasteiger partial charge in [0.15, 0.2) is 0 Å². The summed E-state index contributed by atoms with van der Waals surface area (Å²) in [7, 11) is 0. The summed E-state index contributed by atoms with van der Waals surface area (Å²) in [5.74, 6) is -0.0495. The first kappa shape index (κ1) is 15.5. The van der Waals surface area contributed by atoms with Crippen molar-refractivity contribution in [2.24, 2.45) is 0 Å². The van der Waals surface area contributed by atoms with Crippen molar-refractivity contribution >= 4 is 11.8 Å². The van der Waals surface area contributed by atoms with Crippen LogP contribution in [0.3, 0.4) is 0 Å². The van der Waals surface area contributed by atoms with Crippen LogP contribution in [0.15, 0.2) is 18.3 Å². The molecule has 1 N–H and O–H groups in total. The molecule has 5 heteroatoms. The van der Waals surface area contributed by atoms with Crippen LogP contribution >= 0.6 is 0 Å². The zero-order valence-corrected chi connectivity index (χ0v) is 12.8. The third-order valence-electron chi connectivity index (χ3n) is 3.92. The Morgan fingerprint density at radius 2 is 2.19 bits per heavy atom. The van der Waals surface area contributed by atoms with Gasteiger partial charge in [0.2, 0.25) is 5.91 Å². The van der Waals surface area contributed by atoms with E-state index in [-0.39, 0.29) is 11.8 Å². The Balaban J connectivity index is 1.77. The summed E-state index contributed by atoms with van der Waals surface area (Å²) >= 11 is 0. The van der Waals surface area contributed by atoms with Gasteiger partial charge in [0.1, 0.15) is 0 Å². The first-order valence-corrected chi connectivity index (χ1v) is 7.58. The molecule has 2 amide bonds. The van der Waals surface area contributed by atoms with Crippen LogP contribution < -0.4 is 5.32 Å². The van der Waals surface area contributed by atoms with E-state index in [4.69, 9.17) is 0 Å². The van der Waals surface area contributed by atoms with Gasteiger partial charge < -0.3 is 10.2 Å². The molecule has 1 aliphatic heterocycles. The number of likely N-dealkylation sites (tertiary alicyclic amines) is 1. The highest BCUT2D eigenvalue weighted by Crippen LogP contribution is 2.16. The molecule has 0 bridgehead atoms. The predicted molar refractivity (Wildman–Crippen MR) is 81.0 cm³/mol. The molecule has 1 fully saturated rings. The Hall–Kier alpha value is -1.91. The van der Waals surface area contributed by atoms with Gasteiger partial charge in [-0.25, -0.2) is 0 Å². The number of aryl methyl sites for hydroxylation is 1. The minimum absolute atomic E-state index is 0.129. The molecule has 1 aliphatic rings. The maximum absolute atomic E-state index is 12.1. The molecule has 1 aromatic rings. The monoisotopic (exact) mass is 289 g/mol. The third kappa shape index (κ3) is 4.28. The molecule has 0 radical (unpaired) electrons. The number of carbonyl (C=O) groups is 2. The molecule has 1 aromatic heterocycles. The van der Waals surface area contributed by atoms with Crippen LogP contribution in [-0.2, 0) is 4.79 Å². The molecule has 2 rings (SSSR count). The smallest absolute Gasteiger partial charge is 0.252 e. The fourth-order valence-electron chi connectivity index (χ4n) is 2.60. The van der Waals surface area contributed by atoms with E-state index in [1.54, 1.807) is 18.3 Å². The number of nitrogens with one attached hydrogen (secondary N) is 1. The van der Waals surface area contributed by atoms with E-state index in [9.17, 15) is 9.59 Å². The number of pyridine rings is 1. The van der Waals surface area contributed by atoms with E-state index in [1.165, 1.54) is 6.42 Å². The quantitative estimate of drug-likeness (QED) is 0.921. The van der Waals surface area contributed by atoms with Gasteiger partial charge in [0.25, 0.3) is 5.91 Å². The lowest BCUT2D eigenvalue weighted by molar-refractivity contribution is -0.134. The number of aromatic nitrogens is 1. The standard InChI is InChI=1S/C16H23N3O2/c1-12-6-7-14(11-18-12)16(21)17-9-8-15(20)19-10-4-3-5-13(19)2/h6-7,11,13H,3-5,8-10H2,1-2H3,(H,17,21). The molecule has 0 spiro atoms. The average Bonchev–Trinajstić information content (AvgIpc) is 2.48. The Kier molecular flexibility index (Phi) is 5.31. The van der Waals surface area contributed by atoms with E-state index in [1.807, 2.05) is 11.8 Å². The van der Waals surface area contributed by atoms with Gasteiger partial charge in [0, 0.05) is 37.4 Å². The van der Waals surface area contributed by atoms with Crippen molar-refractivity contribution in [3.8, 4) is 0 Å². The van der Waals surface area contributed by atoms with Crippen molar-refractivity contribution in [3.05, 3.63) is 29.6 Å². The van der Waals surface area contributed by atoms with Crippen LogP contribution in [0.2, 0.25) is 0 Å². The van der Waals surface area contributed by atoms with E-state index in [0.717, 1.165) is 25.1 Å². The Morgan fingerprint density at radius 1 is 1.38 bits per heavy atom. The first-order valence-electron chi connectivity index (χ1n) is 7.58. The van der Waals surface area contributed by atoms with E-state index < -0.39 is 0 Å². The second-order valence-corrected chi connectivity index (χ2v) is 5.63. The zero-order chi connectivity index (χ0) is 15.2. The largest absolute Gasteiger partial charge is 0.351 e. The van der Waals surface area contributed by atoms with Gasteiger partial charge in [-0.2, -0.15) is 0 Å². The molecular formula is C16H23N3O2. The van der Waals surface area contributed by atoms with Gasteiger partial charge in [-0.15, -0.1) is 0 Å². The number of hydrogen-bond acceptors (Lipinski definition) is 3. The maximum atomic E-state index is 12.1. The summed E-state index contributed by atoms with van der Waals surface area (Å²) in [5, 5.41) is 2.78. The van der Waals surface area contributed by atoms with Crippen LogP contribution in [0, 0.1) is 6.92 Å². The Labute approximate surface area is 125 Å². The Bertz CT molecular complexity index is 499. The third-order valence-corrected chi connectivity index (χ3v) is 3.92. The fourth-order valence-corrected chi connectivity index (χ4v) is 2.60. The molecule has 21 heavy (non-hydrogen) atoms. The molecule has 5 nitrogen and oxygen atoms in total. The molecule has 1 saturated heterocycles. The van der Waals surface area contributed by atoms with Gasteiger partial charge >= 0.3 is 0 Å². The number of hydrogen-bond donors (Lipinski definition) is 1. The first-order chi connectivity index (χ1) is 10.1. The molecule has 114 valence electrons. The summed E-state index contributed by atoms with van der Waals surface area (Å²) in [6, 6.07) is 3.87. The van der Waals surface area contributed by atoms with Crippen LogP contribution in [0.1, 0.15) is 48.7 Å². The summed E-state index contributed by atoms with van der Waals surface area (Å²) < 4.78 is 0. The molecule has 0 aromatic carbocycles. The average molecular weight is 289 g/mol. The lowest BCUT2D eigenvalue weighted by Gasteiger charge is -2.33. The summed E-state index contributed by atoms with van der Waals surface area (Å²) in [6.07, 6.45) is 5.27. The van der Waals surface area contributed by atoms with E-state index >= 15 is 0 Å². The Morgan fingerprint density at radius 3 is 2.86 bits per heavy atom. The minimum Gasteiger partial charge on any atom is -0.351 e. The maximum Gasteiger partial charge on any atom is 0.252 e. The number of piperidine rings is 1. The second-order valence-electron chi connectivity index (χ2n) is 5.63. The van der Waals surface area contributed by atoms with Crippen molar-refractivity contribution in [2.75, 3.05) is 13.1 Å². The molecule has 0 aliphatic carbocycles. The zero-order valence-electron chi connectivity index (χ0n) is 12.8. The van der Waals surface area contributed by atoms with Crippen LogP contribution in [0.4, 0.5) is 0 Å². The van der Waals surface area contributed by atoms with Crippen LogP contribution in [0.5, 0.6) is 0 Å². The lowest BCUT2D eigenvalue weighted by Crippen LogP contribution is -2.43. The van der Waals surface area contributed by atoms with Crippen molar-refractivity contribution in [2.45, 2.75) is 45.6 Å². The summed E-state index contributed by atoms with van der Waals surface area (Å²) in [4.78, 5) is 30.1. The second kappa shape index (κ2) is 7.20. The lowest BCUT2D eigenvalue weighted by atomic mass is 10.0. The topological polar surface area (TPSA) is 62.3 Å². The molecule has 2 heterocycles. The van der Waals surface area contributed by atoms with Gasteiger partial charge in [-0.05, 0) is 45.2 Å². The van der Waals surface area contributed by atoms with Gasteiger partial charge in [-0.1, -0.05) is 0 Å². The van der Waals surface area contributed by atoms with E-state index in [0.29, 0.717) is 24.6 Å². The van der Waals surface area contributed by atoms with Crippen LogP contribution in [0.25, 0.3) is 0 Å².